The van der Waals surface area contributed by atoms with E-state index in [2.05, 4.69) is 15.0 Å². The first-order chi connectivity index (χ1) is 14.0. The first-order valence-corrected chi connectivity index (χ1v) is 10.6. The van der Waals surface area contributed by atoms with Gasteiger partial charge in [0, 0.05) is 37.9 Å². The Bertz CT molecular complexity index is 992. The molecule has 0 spiro atoms. The van der Waals surface area contributed by atoms with Gasteiger partial charge in [-0.2, -0.15) is 4.31 Å². The quantitative estimate of drug-likeness (QED) is 0.762. The molecular weight excluding hydrogens is 425 g/mol. The number of halogens is 3. The van der Waals surface area contributed by atoms with E-state index in [-0.39, 0.29) is 29.8 Å². The minimum absolute atomic E-state index is 0.0217. The third-order valence-corrected chi connectivity index (χ3v) is 6.64. The van der Waals surface area contributed by atoms with Crippen LogP contribution in [-0.2, 0) is 21.9 Å². The van der Waals surface area contributed by atoms with Crippen molar-refractivity contribution in [3.8, 4) is 5.75 Å². The predicted octanol–water partition coefficient (Wildman–Crippen LogP) is 2.67. The Hall–Kier alpha value is -2.60. The molecule has 0 bridgehead atoms. The van der Waals surface area contributed by atoms with Crippen molar-refractivity contribution >= 4 is 21.6 Å². The molecule has 0 atom stereocenters. The molecule has 1 saturated heterocycles. The van der Waals surface area contributed by atoms with Crippen molar-refractivity contribution in [1.82, 2.24) is 13.9 Å². The summed E-state index contributed by atoms with van der Waals surface area (Å²) in [6.07, 6.45) is -2.68. The molecule has 1 N–H and O–H groups in total. The lowest BCUT2D eigenvalue weighted by Crippen LogP contribution is -2.41. The Labute approximate surface area is 171 Å². The maximum atomic E-state index is 12.7. The van der Waals surface area contributed by atoms with E-state index in [1.54, 1.807) is 18.5 Å². The number of piperidine rings is 1. The number of hydrogen-bond donors (Lipinski definition) is 1. The molecule has 30 heavy (non-hydrogen) atoms. The number of carbonyl (C=O) groups is 1. The molecule has 1 aromatic heterocycles. The monoisotopic (exact) mass is 446 g/mol. The molecule has 0 saturated carbocycles. The number of alkyl halides is 3. The summed E-state index contributed by atoms with van der Waals surface area (Å²) in [5.41, 5.74) is 0.327. The van der Waals surface area contributed by atoms with Crippen molar-refractivity contribution in [1.29, 1.82) is 0 Å². The third-order valence-electron chi connectivity index (χ3n) is 4.87. The number of benzene rings is 1. The maximum Gasteiger partial charge on any atom is 0.573 e. The van der Waals surface area contributed by atoms with Crippen molar-refractivity contribution in [3.63, 3.8) is 0 Å². The second-order valence-electron chi connectivity index (χ2n) is 6.98. The van der Waals surface area contributed by atoms with E-state index >= 15 is 0 Å². The van der Waals surface area contributed by atoms with Gasteiger partial charge in [0.05, 0.1) is 0 Å². The van der Waals surface area contributed by atoms with Gasteiger partial charge in [0.25, 0.3) is 10.0 Å². The number of aryl methyl sites for hydroxylation is 2. The fraction of sp³-hybridized carbons (Fsp3) is 0.444. The molecule has 8 nitrogen and oxygen atoms in total. The summed E-state index contributed by atoms with van der Waals surface area (Å²) in [6.45, 7) is 2.06. The van der Waals surface area contributed by atoms with E-state index in [1.807, 2.05) is 0 Å². The summed E-state index contributed by atoms with van der Waals surface area (Å²) in [6, 6.07) is 4.82. The fourth-order valence-corrected chi connectivity index (χ4v) is 4.62. The minimum Gasteiger partial charge on any atom is -0.406 e. The molecule has 2 heterocycles. The second-order valence-corrected chi connectivity index (χ2v) is 8.86. The lowest BCUT2D eigenvalue weighted by atomic mass is 9.97. The van der Waals surface area contributed by atoms with Crippen LogP contribution in [0, 0.1) is 12.8 Å². The summed E-state index contributed by atoms with van der Waals surface area (Å²) < 4.78 is 68.7. The summed E-state index contributed by atoms with van der Waals surface area (Å²) in [5, 5.41) is 2.62. The van der Waals surface area contributed by atoms with Gasteiger partial charge in [0.2, 0.25) is 5.91 Å². The van der Waals surface area contributed by atoms with Crippen molar-refractivity contribution in [2.24, 2.45) is 13.0 Å². The van der Waals surface area contributed by atoms with Gasteiger partial charge in [-0.25, -0.2) is 13.4 Å². The van der Waals surface area contributed by atoms with Crippen LogP contribution in [0.2, 0.25) is 0 Å². The second kappa shape index (κ2) is 8.26. The van der Waals surface area contributed by atoms with Crippen molar-refractivity contribution in [2.75, 3.05) is 18.4 Å². The van der Waals surface area contributed by atoms with Crippen LogP contribution in [0.3, 0.4) is 0 Å². The number of carbonyl (C=O) groups excluding carboxylic acids is 1. The Morgan fingerprint density at radius 1 is 1.20 bits per heavy atom. The number of rotatable bonds is 5. The molecule has 1 amide bonds. The Morgan fingerprint density at radius 2 is 1.80 bits per heavy atom. The number of nitrogens with zero attached hydrogens (tertiary/aromatic N) is 3. The Balaban J connectivity index is 1.56. The number of imidazole rings is 1. The molecule has 1 aromatic carbocycles. The van der Waals surface area contributed by atoms with Crippen LogP contribution in [0.15, 0.2) is 35.5 Å². The van der Waals surface area contributed by atoms with Crippen LogP contribution in [-0.4, -0.2) is 47.6 Å². The summed E-state index contributed by atoms with van der Waals surface area (Å²) >= 11 is 0. The minimum atomic E-state index is -4.78. The Kier molecular flexibility index (Phi) is 6.09. The highest BCUT2D eigenvalue weighted by atomic mass is 32.2. The van der Waals surface area contributed by atoms with Crippen LogP contribution in [0.4, 0.5) is 18.9 Å². The van der Waals surface area contributed by atoms with E-state index in [9.17, 15) is 26.4 Å². The number of anilines is 1. The van der Waals surface area contributed by atoms with E-state index in [0.29, 0.717) is 24.4 Å². The van der Waals surface area contributed by atoms with Gasteiger partial charge < -0.3 is 14.6 Å². The third kappa shape index (κ3) is 5.11. The number of hydrogen-bond acceptors (Lipinski definition) is 5. The molecule has 1 aliphatic heterocycles. The lowest BCUT2D eigenvalue weighted by Gasteiger charge is -2.29. The zero-order chi connectivity index (χ0) is 22.1. The van der Waals surface area contributed by atoms with Crippen LogP contribution in [0.1, 0.15) is 18.7 Å². The van der Waals surface area contributed by atoms with Crippen LogP contribution in [0.5, 0.6) is 5.75 Å². The number of sulfonamides is 1. The van der Waals surface area contributed by atoms with Gasteiger partial charge in [-0.3, -0.25) is 4.79 Å². The number of nitrogens with one attached hydrogen (secondary N) is 1. The van der Waals surface area contributed by atoms with Gasteiger partial charge >= 0.3 is 6.36 Å². The van der Waals surface area contributed by atoms with Crippen molar-refractivity contribution in [2.45, 2.75) is 31.2 Å². The van der Waals surface area contributed by atoms with E-state index in [0.717, 1.165) is 12.1 Å². The Morgan fingerprint density at radius 3 is 2.30 bits per heavy atom. The topological polar surface area (TPSA) is 93.5 Å². The first kappa shape index (κ1) is 22.1. The predicted molar refractivity (Wildman–Crippen MR) is 101 cm³/mol. The van der Waals surface area contributed by atoms with Crippen molar-refractivity contribution in [3.05, 3.63) is 36.3 Å². The number of ether oxygens (including phenoxy) is 1. The van der Waals surface area contributed by atoms with Gasteiger partial charge in [0.15, 0.2) is 5.03 Å². The van der Waals surface area contributed by atoms with E-state index in [4.69, 9.17) is 0 Å². The SMILES string of the molecule is Cc1nc(S(=O)(=O)N2CCC(C(=O)Nc3ccc(OC(F)(F)F)cc3)CC2)cn1C. The molecule has 0 aliphatic carbocycles. The summed E-state index contributed by atoms with van der Waals surface area (Å²) in [4.78, 5) is 16.5. The molecule has 0 radical (unpaired) electrons. The maximum absolute atomic E-state index is 12.7. The molecule has 1 fully saturated rings. The van der Waals surface area contributed by atoms with Crippen molar-refractivity contribution < 1.29 is 31.1 Å². The van der Waals surface area contributed by atoms with Crippen LogP contribution >= 0.6 is 0 Å². The summed E-state index contributed by atoms with van der Waals surface area (Å²) in [7, 11) is -2.02. The van der Waals surface area contributed by atoms with Gasteiger partial charge in [-0.15, -0.1) is 13.2 Å². The zero-order valence-corrected chi connectivity index (χ0v) is 17.1. The number of amides is 1. The van der Waals surface area contributed by atoms with Gasteiger partial charge in [-0.1, -0.05) is 0 Å². The van der Waals surface area contributed by atoms with Gasteiger partial charge in [0.1, 0.15) is 11.6 Å². The first-order valence-electron chi connectivity index (χ1n) is 9.12. The standard InChI is InChI=1S/C18H21F3N4O4S/c1-12-22-16(11-24(12)2)30(27,28)25-9-7-13(8-10-25)17(26)23-14-3-5-15(6-4-14)29-18(19,20)21/h3-6,11,13H,7-10H2,1-2H3,(H,23,26). The highest BCUT2D eigenvalue weighted by molar-refractivity contribution is 7.89. The number of aromatic nitrogens is 2. The highest BCUT2D eigenvalue weighted by Crippen LogP contribution is 2.26. The average molecular weight is 446 g/mol. The van der Waals surface area contributed by atoms with E-state index < -0.39 is 22.3 Å². The average Bonchev–Trinajstić information content (AvgIpc) is 3.02. The molecule has 164 valence electrons. The highest BCUT2D eigenvalue weighted by Gasteiger charge is 2.34. The van der Waals surface area contributed by atoms with Gasteiger partial charge in [-0.05, 0) is 44.0 Å². The molecular formula is C18H21F3N4O4S. The normalized spacial score (nSPS) is 16.4. The largest absolute Gasteiger partial charge is 0.573 e. The molecule has 12 heteroatoms. The molecule has 3 rings (SSSR count). The summed E-state index contributed by atoms with van der Waals surface area (Å²) in [5.74, 6) is -0.531. The molecule has 1 aliphatic rings. The lowest BCUT2D eigenvalue weighted by molar-refractivity contribution is -0.274. The smallest absolute Gasteiger partial charge is 0.406 e. The fourth-order valence-electron chi connectivity index (χ4n) is 3.13. The molecule has 0 unspecified atom stereocenters. The molecule has 2 aromatic rings. The van der Waals surface area contributed by atoms with Crippen LogP contribution in [0.25, 0.3) is 0 Å². The zero-order valence-electron chi connectivity index (χ0n) is 16.3. The van der Waals surface area contributed by atoms with Crippen LogP contribution < -0.4 is 10.1 Å². The van der Waals surface area contributed by atoms with E-state index in [1.165, 1.54) is 22.6 Å².